The number of anilines is 2. The summed E-state index contributed by atoms with van der Waals surface area (Å²) in [5, 5.41) is 26.9. The van der Waals surface area contributed by atoms with Gasteiger partial charge in [-0.3, -0.25) is 9.59 Å². The van der Waals surface area contributed by atoms with E-state index in [1.165, 1.54) is 0 Å². The number of carbonyl (C=O) groups excluding carboxylic acids is 2. The van der Waals surface area contributed by atoms with E-state index < -0.39 is 11.8 Å². The lowest BCUT2D eigenvalue weighted by Crippen LogP contribution is -2.14. The van der Waals surface area contributed by atoms with Crippen LogP contribution in [0, 0.1) is 0 Å². The Hall–Kier alpha value is -3.80. The van der Waals surface area contributed by atoms with Crippen molar-refractivity contribution in [3.05, 3.63) is 82.9 Å². The number of hydrogen-bond donors (Lipinski definition) is 4. The van der Waals surface area contributed by atoms with Crippen molar-refractivity contribution >= 4 is 23.2 Å². The van der Waals surface area contributed by atoms with E-state index in [9.17, 15) is 19.8 Å². The molecule has 0 aliphatic heterocycles. The minimum Gasteiger partial charge on any atom is -0.507 e. The lowest BCUT2D eigenvalue weighted by atomic mass is 9.93. The molecule has 3 aromatic rings. The van der Waals surface area contributed by atoms with Gasteiger partial charge in [0.25, 0.3) is 11.8 Å². The van der Waals surface area contributed by atoms with E-state index in [0.717, 1.165) is 36.8 Å². The first kappa shape index (κ1) is 26.8. The van der Waals surface area contributed by atoms with Crippen molar-refractivity contribution in [2.45, 2.75) is 65.2 Å². The molecule has 0 aromatic heterocycles. The van der Waals surface area contributed by atoms with Crippen LogP contribution in [0.4, 0.5) is 11.4 Å². The molecule has 3 rings (SSSR count). The summed E-state index contributed by atoms with van der Waals surface area (Å²) in [5.74, 6) is -0.484. The number of rotatable bonds is 10. The first-order valence-electron chi connectivity index (χ1n) is 12.6. The number of hydrogen-bond acceptors (Lipinski definition) is 4. The maximum Gasteiger partial charge on any atom is 0.259 e. The maximum absolute atomic E-state index is 12.8. The van der Waals surface area contributed by atoms with Gasteiger partial charge in [0.2, 0.25) is 0 Å². The fraction of sp³-hybridized carbons (Fsp3) is 0.333. The summed E-state index contributed by atoms with van der Waals surface area (Å²) in [6.07, 6.45) is 3.82. The maximum atomic E-state index is 12.8. The molecule has 3 aromatic carbocycles. The minimum atomic E-state index is -0.405. The lowest BCUT2D eigenvalue weighted by molar-refractivity contribution is 0.101. The number of aromatic hydroxyl groups is 2. The van der Waals surface area contributed by atoms with Crippen LogP contribution in [-0.4, -0.2) is 22.0 Å². The van der Waals surface area contributed by atoms with Crippen molar-refractivity contribution in [3.63, 3.8) is 0 Å². The van der Waals surface area contributed by atoms with Gasteiger partial charge in [-0.2, -0.15) is 0 Å². The topological polar surface area (TPSA) is 98.7 Å². The lowest BCUT2D eigenvalue weighted by Gasteiger charge is -2.16. The summed E-state index contributed by atoms with van der Waals surface area (Å²) >= 11 is 0. The van der Waals surface area contributed by atoms with Crippen LogP contribution in [-0.2, 0) is 0 Å². The van der Waals surface area contributed by atoms with Crippen molar-refractivity contribution in [2.75, 3.05) is 10.6 Å². The minimum absolute atomic E-state index is 0.00938. The molecule has 36 heavy (non-hydrogen) atoms. The molecule has 190 valence electrons. The summed E-state index contributed by atoms with van der Waals surface area (Å²) in [6, 6.07) is 17.2. The Kier molecular flexibility index (Phi) is 9.12. The number of nitrogens with one attached hydrogen (secondary N) is 2. The summed E-state index contributed by atoms with van der Waals surface area (Å²) in [7, 11) is 0. The quantitative estimate of drug-likeness (QED) is 0.239. The number of benzene rings is 3. The van der Waals surface area contributed by atoms with Crippen molar-refractivity contribution < 1.29 is 19.8 Å². The van der Waals surface area contributed by atoms with E-state index in [4.69, 9.17) is 0 Å². The number of para-hydroxylation sites is 2. The third kappa shape index (κ3) is 6.25. The normalized spacial score (nSPS) is 12.6. The molecule has 0 bridgehead atoms. The monoisotopic (exact) mass is 488 g/mol. The average molecular weight is 489 g/mol. The van der Waals surface area contributed by atoms with Crippen LogP contribution in [0.15, 0.2) is 60.7 Å². The van der Waals surface area contributed by atoms with Crippen LogP contribution in [0.1, 0.15) is 97.1 Å². The van der Waals surface area contributed by atoms with E-state index in [-0.39, 0.29) is 34.5 Å². The third-order valence-electron chi connectivity index (χ3n) is 6.53. The second-order valence-corrected chi connectivity index (χ2v) is 9.35. The van der Waals surface area contributed by atoms with Crippen molar-refractivity contribution in [1.82, 2.24) is 0 Å². The highest BCUT2D eigenvalue weighted by Crippen LogP contribution is 2.33. The van der Waals surface area contributed by atoms with E-state index in [0.29, 0.717) is 11.4 Å². The highest BCUT2D eigenvalue weighted by molar-refractivity contribution is 6.07. The van der Waals surface area contributed by atoms with Crippen LogP contribution in [0.25, 0.3) is 0 Å². The van der Waals surface area contributed by atoms with Gasteiger partial charge in [0.15, 0.2) is 0 Å². The first-order chi connectivity index (χ1) is 17.3. The molecule has 0 heterocycles. The van der Waals surface area contributed by atoms with Crippen LogP contribution in [0.5, 0.6) is 11.5 Å². The van der Waals surface area contributed by atoms with Crippen LogP contribution < -0.4 is 10.6 Å². The predicted molar refractivity (Wildman–Crippen MR) is 145 cm³/mol. The average Bonchev–Trinajstić information content (AvgIpc) is 2.85. The van der Waals surface area contributed by atoms with Crippen LogP contribution in [0.3, 0.4) is 0 Å². The predicted octanol–water partition coefficient (Wildman–Crippen LogP) is 7.41. The molecule has 2 amide bonds. The molecule has 6 heteroatoms. The molecule has 0 saturated heterocycles. The van der Waals surface area contributed by atoms with Gasteiger partial charge in [-0.1, -0.05) is 64.8 Å². The third-order valence-corrected chi connectivity index (χ3v) is 6.53. The molecule has 4 N–H and O–H groups in total. The van der Waals surface area contributed by atoms with Gasteiger partial charge in [-0.15, -0.1) is 0 Å². The Balaban J connectivity index is 1.69. The highest BCUT2D eigenvalue weighted by Gasteiger charge is 2.19. The second-order valence-electron chi connectivity index (χ2n) is 9.35. The van der Waals surface area contributed by atoms with Gasteiger partial charge in [-0.25, -0.2) is 0 Å². The fourth-order valence-corrected chi connectivity index (χ4v) is 4.50. The number of phenolic OH excluding ortho intramolecular Hbond substituents is 2. The standard InChI is InChI=1S/C30H36N2O4/c1-5-9-19(3)23-11-7-13-25(27(23)33)29(35)31-21-15-17-22(18-16-21)32-30(36)26-14-8-12-24(28(26)34)20(4)10-6-2/h7-8,11-20,33-34H,5-6,9-10H2,1-4H3,(H,31,35)(H,32,36). The zero-order valence-corrected chi connectivity index (χ0v) is 21.5. The van der Waals surface area contributed by atoms with Crippen molar-refractivity contribution in [2.24, 2.45) is 0 Å². The molecular weight excluding hydrogens is 452 g/mol. The number of carbonyl (C=O) groups is 2. The number of amides is 2. The largest absolute Gasteiger partial charge is 0.507 e. The Morgan fingerprint density at radius 1 is 0.667 bits per heavy atom. The molecular formula is C30H36N2O4. The van der Waals surface area contributed by atoms with Crippen molar-refractivity contribution in [3.8, 4) is 11.5 Å². The van der Waals surface area contributed by atoms with Crippen LogP contribution in [0.2, 0.25) is 0 Å². The van der Waals surface area contributed by atoms with E-state index in [1.807, 2.05) is 26.0 Å². The van der Waals surface area contributed by atoms with E-state index in [2.05, 4.69) is 24.5 Å². The summed E-state index contributed by atoms with van der Waals surface area (Å²) in [5.41, 5.74) is 3.03. The summed E-state index contributed by atoms with van der Waals surface area (Å²) in [4.78, 5) is 25.6. The van der Waals surface area contributed by atoms with Gasteiger partial charge in [0.1, 0.15) is 11.5 Å². The van der Waals surface area contributed by atoms with Gasteiger partial charge >= 0.3 is 0 Å². The smallest absolute Gasteiger partial charge is 0.259 e. The Morgan fingerprint density at radius 3 is 1.36 bits per heavy atom. The fourth-order valence-electron chi connectivity index (χ4n) is 4.50. The Morgan fingerprint density at radius 2 is 1.03 bits per heavy atom. The molecule has 0 aliphatic rings. The molecule has 0 spiro atoms. The highest BCUT2D eigenvalue weighted by atomic mass is 16.3. The molecule has 2 atom stereocenters. The van der Waals surface area contributed by atoms with Gasteiger partial charge < -0.3 is 20.8 Å². The molecule has 6 nitrogen and oxygen atoms in total. The Bertz CT molecular complexity index is 1110. The molecule has 0 aliphatic carbocycles. The van der Waals surface area contributed by atoms with Gasteiger partial charge in [0, 0.05) is 11.4 Å². The van der Waals surface area contributed by atoms with E-state index >= 15 is 0 Å². The zero-order valence-electron chi connectivity index (χ0n) is 21.5. The summed E-state index contributed by atoms with van der Waals surface area (Å²) in [6.45, 7) is 8.25. The Labute approximate surface area is 213 Å². The molecule has 2 unspecified atom stereocenters. The molecule has 0 radical (unpaired) electrons. The van der Waals surface area contributed by atoms with Gasteiger partial charge in [-0.05, 0) is 72.2 Å². The summed E-state index contributed by atoms with van der Waals surface area (Å²) < 4.78 is 0. The van der Waals surface area contributed by atoms with Crippen LogP contribution >= 0.6 is 0 Å². The first-order valence-corrected chi connectivity index (χ1v) is 12.6. The second kappa shape index (κ2) is 12.2. The molecule has 0 saturated carbocycles. The SMILES string of the molecule is CCCC(C)c1cccc(C(=O)Nc2ccc(NC(=O)c3cccc(C(C)CCC)c3O)cc2)c1O. The zero-order chi connectivity index (χ0) is 26.2. The van der Waals surface area contributed by atoms with Gasteiger partial charge in [0.05, 0.1) is 11.1 Å². The van der Waals surface area contributed by atoms with E-state index in [1.54, 1.807) is 48.5 Å². The van der Waals surface area contributed by atoms with Crippen molar-refractivity contribution in [1.29, 1.82) is 0 Å². The molecule has 0 fully saturated rings. The number of phenols is 2.